The largest absolute Gasteiger partial charge is 0.373 e. The molecule has 1 aromatic carbocycles. The van der Waals surface area contributed by atoms with Gasteiger partial charge in [0.25, 0.3) is 0 Å². The Morgan fingerprint density at radius 3 is 2.73 bits per heavy atom. The van der Waals surface area contributed by atoms with E-state index in [0.717, 1.165) is 17.9 Å². The number of hydrogen-bond donors (Lipinski definition) is 1. The van der Waals surface area contributed by atoms with Crippen LogP contribution in [0.3, 0.4) is 0 Å². The molecule has 1 saturated heterocycles. The van der Waals surface area contributed by atoms with Crippen molar-refractivity contribution >= 4 is 28.2 Å². The van der Waals surface area contributed by atoms with Crippen LogP contribution < -0.4 is 10.2 Å². The second-order valence-corrected chi connectivity index (χ2v) is 8.40. The molecular weight excluding hydrogens is 298 g/mol. The molecule has 1 atom stereocenters. The highest BCUT2D eigenvalue weighted by atomic mass is 32.2. The predicted molar refractivity (Wildman–Crippen MR) is 93.1 cm³/mol. The Hall–Kier alpha value is -1.56. The normalized spacial score (nSPS) is 20.5. The summed E-state index contributed by atoms with van der Waals surface area (Å²) < 4.78 is 11.6. The molecule has 0 unspecified atom stereocenters. The Labute approximate surface area is 135 Å². The zero-order chi connectivity index (χ0) is 16.3. The Balaban J connectivity index is 2.11. The summed E-state index contributed by atoms with van der Waals surface area (Å²) in [6, 6.07) is 7.66. The van der Waals surface area contributed by atoms with Crippen LogP contribution in [-0.4, -0.2) is 52.3 Å². The van der Waals surface area contributed by atoms with E-state index in [-0.39, 0.29) is 10.8 Å². The summed E-state index contributed by atoms with van der Waals surface area (Å²) in [5, 5.41) is 2.99. The van der Waals surface area contributed by atoms with Gasteiger partial charge >= 0.3 is 6.03 Å². The number of anilines is 2. The van der Waals surface area contributed by atoms with Crippen LogP contribution in [-0.2, 0) is 10.8 Å². The van der Waals surface area contributed by atoms with Gasteiger partial charge in [0.05, 0.1) is 16.1 Å². The van der Waals surface area contributed by atoms with Gasteiger partial charge in [-0.25, -0.2) is 4.79 Å². The molecule has 1 aliphatic rings. The topological polar surface area (TPSA) is 52.7 Å². The van der Waals surface area contributed by atoms with Crippen LogP contribution in [0.2, 0.25) is 0 Å². The molecule has 2 rings (SSSR count). The fourth-order valence-corrected chi connectivity index (χ4v) is 3.77. The first-order valence-electron chi connectivity index (χ1n) is 7.59. The van der Waals surface area contributed by atoms with Crippen LogP contribution in [0.4, 0.5) is 16.2 Å². The van der Waals surface area contributed by atoms with E-state index in [1.807, 2.05) is 45.2 Å². The predicted octanol–water partition coefficient (Wildman–Crippen LogP) is 2.52. The van der Waals surface area contributed by atoms with Gasteiger partial charge in [-0.15, -0.1) is 0 Å². The maximum absolute atomic E-state index is 12.5. The Morgan fingerprint density at radius 1 is 1.41 bits per heavy atom. The van der Waals surface area contributed by atoms with Gasteiger partial charge in [0, 0.05) is 43.2 Å². The Bertz CT molecular complexity index is 574. The standard InChI is InChI=1S/C16H25N3O2S/c1-5-18(4)14-9-7-6-8-13(14)17-15(20)19-10-11-22(21)16(2,3)12-19/h6-9H,5,10-12H2,1-4H3,(H,17,20)/t22-/m0/s1. The maximum Gasteiger partial charge on any atom is 0.321 e. The molecule has 1 N–H and O–H groups in total. The molecule has 0 aromatic heterocycles. The molecule has 1 fully saturated rings. The lowest BCUT2D eigenvalue weighted by atomic mass is 10.2. The van der Waals surface area contributed by atoms with E-state index < -0.39 is 10.8 Å². The summed E-state index contributed by atoms with van der Waals surface area (Å²) in [7, 11) is 1.12. The fourth-order valence-electron chi connectivity index (χ4n) is 2.53. The minimum absolute atomic E-state index is 0.123. The van der Waals surface area contributed by atoms with Crippen molar-refractivity contribution in [2.24, 2.45) is 0 Å². The molecular formula is C16H25N3O2S. The third-order valence-corrected chi connectivity index (χ3v) is 5.97. The number of carbonyl (C=O) groups is 1. The second-order valence-electron chi connectivity index (χ2n) is 6.19. The zero-order valence-electron chi connectivity index (χ0n) is 13.8. The first kappa shape index (κ1) is 16.8. The van der Waals surface area contributed by atoms with Crippen LogP contribution in [0.25, 0.3) is 0 Å². The van der Waals surface area contributed by atoms with Crippen LogP contribution in [0, 0.1) is 0 Å². The molecule has 5 nitrogen and oxygen atoms in total. The van der Waals surface area contributed by atoms with Gasteiger partial charge in [-0.2, -0.15) is 0 Å². The van der Waals surface area contributed by atoms with Crippen molar-refractivity contribution < 1.29 is 9.00 Å². The van der Waals surface area contributed by atoms with Crippen LogP contribution in [0.1, 0.15) is 20.8 Å². The van der Waals surface area contributed by atoms with Gasteiger partial charge in [0.2, 0.25) is 0 Å². The van der Waals surface area contributed by atoms with E-state index >= 15 is 0 Å². The van der Waals surface area contributed by atoms with Crippen LogP contribution in [0.15, 0.2) is 24.3 Å². The first-order valence-corrected chi connectivity index (χ1v) is 8.91. The molecule has 122 valence electrons. The lowest BCUT2D eigenvalue weighted by molar-refractivity contribution is 0.207. The third-order valence-electron chi connectivity index (χ3n) is 4.05. The van der Waals surface area contributed by atoms with Crippen LogP contribution >= 0.6 is 0 Å². The highest BCUT2D eigenvalue weighted by Gasteiger charge is 2.35. The highest BCUT2D eigenvalue weighted by Crippen LogP contribution is 2.26. The molecule has 1 aromatic rings. The molecule has 0 radical (unpaired) electrons. The van der Waals surface area contributed by atoms with Gasteiger partial charge in [0.1, 0.15) is 0 Å². The number of benzene rings is 1. The van der Waals surface area contributed by atoms with E-state index in [4.69, 9.17) is 0 Å². The smallest absolute Gasteiger partial charge is 0.321 e. The SMILES string of the molecule is CCN(C)c1ccccc1NC(=O)N1CC[S@](=O)C(C)(C)C1. The minimum Gasteiger partial charge on any atom is -0.373 e. The number of urea groups is 1. The average molecular weight is 323 g/mol. The highest BCUT2D eigenvalue weighted by molar-refractivity contribution is 7.86. The molecule has 1 aliphatic heterocycles. The summed E-state index contributed by atoms with van der Waals surface area (Å²) in [5.74, 6) is 0.539. The van der Waals surface area contributed by atoms with Crippen molar-refractivity contribution in [1.29, 1.82) is 0 Å². The van der Waals surface area contributed by atoms with Gasteiger partial charge in [-0.1, -0.05) is 12.1 Å². The monoisotopic (exact) mass is 323 g/mol. The van der Waals surface area contributed by atoms with Gasteiger partial charge in [0.15, 0.2) is 0 Å². The molecule has 0 saturated carbocycles. The van der Waals surface area contributed by atoms with Crippen molar-refractivity contribution in [3.05, 3.63) is 24.3 Å². The van der Waals surface area contributed by atoms with Gasteiger partial charge < -0.3 is 15.1 Å². The van der Waals surface area contributed by atoms with E-state index in [2.05, 4.69) is 17.1 Å². The van der Waals surface area contributed by atoms with Gasteiger partial charge in [-0.05, 0) is 32.9 Å². The number of hydrogen-bond acceptors (Lipinski definition) is 3. The zero-order valence-corrected chi connectivity index (χ0v) is 14.6. The number of carbonyl (C=O) groups excluding carboxylic acids is 1. The molecule has 2 amide bonds. The summed E-state index contributed by atoms with van der Waals surface area (Å²) in [6.45, 7) is 7.87. The van der Waals surface area contributed by atoms with Crippen molar-refractivity contribution in [2.75, 3.05) is 42.7 Å². The number of nitrogens with zero attached hydrogens (tertiary/aromatic N) is 2. The second kappa shape index (κ2) is 6.69. The minimum atomic E-state index is -0.877. The Kier molecular flexibility index (Phi) is 5.11. The van der Waals surface area contributed by atoms with Crippen molar-refractivity contribution in [3.8, 4) is 0 Å². The lowest BCUT2D eigenvalue weighted by Gasteiger charge is -2.37. The van der Waals surface area contributed by atoms with E-state index in [9.17, 15) is 9.00 Å². The number of rotatable bonds is 3. The maximum atomic E-state index is 12.5. The fraction of sp³-hybridized carbons (Fsp3) is 0.562. The van der Waals surface area contributed by atoms with Crippen LogP contribution in [0.5, 0.6) is 0 Å². The number of para-hydroxylation sites is 2. The lowest BCUT2D eigenvalue weighted by Crippen LogP contribution is -2.53. The molecule has 0 bridgehead atoms. The van der Waals surface area contributed by atoms with E-state index in [1.54, 1.807) is 4.90 Å². The van der Waals surface area contributed by atoms with E-state index in [0.29, 0.717) is 18.8 Å². The summed E-state index contributed by atoms with van der Waals surface area (Å²) in [4.78, 5) is 16.4. The number of nitrogens with one attached hydrogen (secondary N) is 1. The molecule has 1 heterocycles. The average Bonchev–Trinajstić information content (AvgIpc) is 2.49. The third kappa shape index (κ3) is 3.61. The molecule has 0 spiro atoms. The molecule has 22 heavy (non-hydrogen) atoms. The van der Waals surface area contributed by atoms with Crippen molar-refractivity contribution in [3.63, 3.8) is 0 Å². The van der Waals surface area contributed by atoms with Crippen molar-refractivity contribution in [1.82, 2.24) is 4.90 Å². The summed E-state index contributed by atoms with van der Waals surface area (Å²) in [6.07, 6.45) is 0. The Morgan fingerprint density at radius 2 is 2.09 bits per heavy atom. The van der Waals surface area contributed by atoms with Crippen molar-refractivity contribution in [2.45, 2.75) is 25.5 Å². The first-order chi connectivity index (χ1) is 10.3. The van der Waals surface area contributed by atoms with E-state index in [1.165, 1.54) is 0 Å². The van der Waals surface area contributed by atoms with Gasteiger partial charge in [-0.3, -0.25) is 4.21 Å². The molecule has 0 aliphatic carbocycles. The summed E-state index contributed by atoms with van der Waals surface area (Å²) >= 11 is 0. The quantitative estimate of drug-likeness (QED) is 0.930. The molecule has 6 heteroatoms. The number of amides is 2. The summed E-state index contributed by atoms with van der Waals surface area (Å²) in [5.41, 5.74) is 1.81.